The quantitative estimate of drug-likeness (QED) is 0.646. The highest BCUT2D eigenvalue weighted by Crippen LogP contribution is 2.42. The van der Waals surface area contributed by atoms with Gasteiger partial charge in [0.15, 0.2) is 5.79 Å². The molecule has 0 aromatic heterocycles. The Morgan fingerprint density at radius 1 is 1.00 bits per heavy atom. The van der Waals surface area contributed by atoms with E-state index in [-0.39, 0.29) is 25.0 Å². The van der Waals surface area contributed by atoms with Crippen LogP contribution < -0.4 is 0 Å². The average molecular weight is 218 g/mol. The standard InChI is InChI=1S/C11H22O4/c1-3-14-11(15-4-2)5-9(7-12)10(6-11)8-13/h9-10,12-13H,3-8H2,1-2H3/t9-,10-/m1/s1. The summed E-state index contributed by atoms with van der Waals surface area (Å²) >= 11 is 0. The summed E-state index contributed by atoms with van der Waals surface area (Å²) < 4.78 is 11.3. The first-order chi connectivity index (χ1) is 7.21. The molecule has 1 aliphatic rings. The molecule has 4 heteroatoms. The summed E-state index contributed by atoms with van der Waals surface area (Å²) in [5, 5.41) is 18.4. The molecule has 0 saturated heterocycles. The first-order valence-electron chi connectivity index (χ1n) is 5.71. The molecule has 2 atom stereocenters. The zero-order valence-electron chi connectivity index (χ0n) is 9.61. The molecule has 4 nitrogen and oxygen atoms in total. The van der Waals surface area contributed by atoms with E-state index in [0.717, 1.165) is 0 Å². The third kappa shape index (κ3) is 2.91. The topological polar surface area (TPSA) is 58.9 Å². The number of hydrogen-bond acceptors (Lipinski definition) is 4. The van der Waals surface area contributed by atoms with Crippen LogP contribution in [0.25, 0.3) is 0 Å². The Kier molecular flexibility index (Phi) is 4.99. The molecule has 0 heterocycles. The van der Waals surface area contributed by atoms with Gasteiger partial charge in [-0.25, -0.2) is 0 Å². The van der Waals surface area contributed by atoms with Crippen molar-refractivity contribution in [2.75, 3.05) is 26.4 Å². The normalized spacial score (nSPS) is 29.6. The molecule has 2 N–H and O–H groups in total. The maximum absolute atomic E-state index is 9.21. The van der Waals surface area contributed by atoms with Crippen LogP contribution in [0.15, 0.2) is 0 Å². The van der Waals surface area contributed by atoms with Gasteiger partial charge in [-0.05, 0) is 25.7 Å². The van der Waals surface area contributed by atoms with E-state index < -0.39 is 5.79 Å². The van der Waals surface area contributed by atoms with Crippen LogP contribution in [0.2, 0.25) is 0 Å². The molecule has 0 amide bonds. The van der Waals surface area contributed by atoms with Crippen LogP contribution in [0.5, 0.6) is 0 Å². The number of aliphatic hydroxyl groups excluding tert-OH is 2. The summed E-state index contributed by atoms with van der Waals surface area (Å²) in [6, 6.07) is 0. The lowest BCUT2D eigenvalue weighted by atomic mass is 9.98. The fourth-order valence-corrected chi connectivity index (χ4v) is 2.45. The molecule has 1 rings (SSSR count). The van der Waals surface area contributed by atoms with Crippen molar-refractivity contribution >= 4 is 0 Å². The molecule has 90 valence electrons. The number of aliphatic hydroxyl groups is 2. The minimum Gasteiger partial charge on any atom is -0.396 e. The first kappa shape index (κ1) is 12.9. The molecule has 1 saturated carbocycles. The number of rotatable bonds is 6. The molecule has 0 aromatic carbocycles. The highest BCUT2D eigenvalue weighted by molar-refractivity contribution is 4.89. The van der Waals surface area contributed by atoms with E-state index in [1.54, 1.807) is 0 Å². The predicted octanol–water partition coefficient (Wildman–Crippen LogP) is 0.766. The van der Waals surface area contributed by atoms with Crippen LogP contribution in [-0.2, 0) is 9.47 Å². The van der Waals surface area contributed by atoms with Crippen molar-refractivity contribution in [3.63, 3.8) is 0 Å². The van der Waals surface area contributed by atoms with Gasteiger partial charge < -0.3 is 19.7 Å². The molecule has 1 fully saturated rings. The molecule has 0 spiro atoms. The highest BCUT2D eigenvalue weighted by atomic mass is 16.7. The Hall–Kier alpha value is -0.160. The fourth-order valence-electron chi connectivity index (χ4n) is 2.45. The Morgan fingerprint density at radius 2 is 1.40 bits per heavy atom. The van der Waals surface area contributed by atoms with Crippen molar-refractivity contribution in [1.82, 2.24) is 0 Å². The second-order valence-electron chi connectivity index (χ2n) is 4.07. The van der Waals surface area contributed by atoms with Crippen LogP contribution in [0.4, 0.5) is 0 Å². The zero-order valence-corrected chi connectivity index (χ0v) is 9.61. The number of ether oxygens (including phenoxy) is 2. The lowest BCUT2D eigenvalue weighted by molar-refractivity contribution is -0.231. The van der Waals surface area contributed by atoms with Gasteiger partial charge in [-0.1, -0.05) is 0 Å². The minimum atomic E-state index is -0.579. The molecule has 0 bridgehead atoms. The second kappa shape index (κ2) is 5.80. The van der Waals surface area contributed by atoms with Crippen molar-refractivity contribution in [3.8, 4) is 0 Å². The Labute approximate surface area is 91.2 Å². The average Bonchev–Trinajstić information content (AvgIpc) is 2.57. The van der Waals surface area contributed by atoms with E-state index >= 15 is 0 Å². The maximum atomic E-state index is 9.21. The van der Waals surface area contributed by atoms with Crippen molar-refractivity contribution in [2.45, 2.75) is 32.5 Å². The van der Waals surface area contributed by atoms with E-state index in [0.29, 0.717) is 26.1 Å². The Balaban J connectivity index is 2.66. The third-order valence-electron chi connectivity index (χ3n) is 3.10. The largest absolute Gasteiger partial charge is 0.396 e. The van der Waals surface area contributed by atoms with Gasteiger partial charge in [0.1, 0.15) is 0 Å². The van der Waals surface area contributed by atoms with E-state index in [1.807, 2.05) is 13.8 Å². The van der Waals surface area contributed by atoms with E-state index in [1.165, 1.54) is 0 Å². The van der Waals surface area contributed by atoms with Crippen LogP contribution in [0, 0.1) is 11.8 Å². The molecule has 0 aromatic rings. The molecule has 0 unspecified atom stereocenters. The summed E-state index contributed by atoms with van der Waals surface area (Å²) in [5.74, 6) is -0.397. The van der Waals surface area contributed by atoms with E-state index in [9.17, 15) is 10.2 Å². The monoisotopic (exact) mass is 218 g/mol. The minimum absolute atomic E-state index is 0.0904. The molecule has 1 aliphatic carbocycles. The summed E-state index contributed by atoms with van der Waals surface area (Å²) in [4.78, 5) is 0. The Bertz CT molecular complexity index is 163. The van der Waals surface area contributed by atoms with Gasteiger partial charge in [-0.3, -0.25) is 0 Å². The van der Waals surface area contributed by atoms with Crippen LogP contribution in [-0.4, -0.2) is 42.4 Å². The molecular weight excluding hydrogens is 196 g/mol. The second-order valence-corrected chi connectivity index (χ2v) is 4.07. The lowest BCUT2D eigenvalue weighted by Gasteiger charge is -2.29. The highest BCUT2D eigenvalue weighted by Gasteiger charge is 2.46. The predicted molar refractivity (Wildman–Crippen MR) is 56.4 cm³/mol. The van der Waals surface area contributed by atoms with Gasteiger partial charge in [-0.2, -0.15) is 0 Å². The smallest absolute Gasteiger partial charge is 0.168 e. The summed E-state index contributed by atoms with van der Waals surface area (Å²) in [6.07, 6.45) is 1.35. The van der Waals surface area contributed by atoms with Crippen LogP contribution in [0.3, 0.4) is 0 Å². The van der Waals surface area contributed by atoms with Crippen LogP contribution in [0.1, 0.15) is 26.7 Å². The summed E-state index contributed by atoms with van der Waals surface area (Å²) in [7, 11) is 0. The van der Waals surface area contributed by atoms with Crippen LogP contribution >= 0.6 is 0 Å². The van der Waals surface area contributed by atoms with Crippen molar-refractivity contribution in [2.24, 2.45) is 11.8 Å². The van der Waals surface area contributed by atoms with Gasteiger partial charge in [0, 0.05) is 39.3 Å². The van der Waals surface area contributed by atoms with Crippen molar-refractivity contribution in [3.05, 3.63) is 0 Å². The van der Waals surface area contributed by atoms with Gasteiger partial charge >= 0.3 is 0 Å². The van der Waals surface area contributed by atoms with Gasteiger partial charge in [0.25, 0.3) is 0 Å². The fraction of sp³-hybridized carbons (Fsp3) is 1.00. The zero-order chi connectivity index (χ0) is 11.3. The van der Waals surface area contributed by atoms with E-state index in [4.69, 9.17) is 9.47 Å². The summed E-state index contributed by atoms with van der Waals surface area (Å²) in [6.45, 7) is 5.23. The molecule has 15 heavy (non-hydrogen) atoms. The molecule has 0 radical (unpaired) electrons. The van der Waals surface area contributed by atoms with Crippen molar-refractivity contribution in [1.29, 1.82) is 0 Å². The molecular formula is C11H22O4. The Morgan fingerprint density at radius 3 is 1.67 bits per heavy atom. The third-order valence-corrected chi connectivity index (χ3v) is 3.10. The van der Waals surface area contributed by atoms with Gasteiger partial charge in [0.05, 0.1) is 0 Å². The maximum Gasteiger partial charge on any atom is 0.168 e. The lowest BCUT2D eigenvalue weighted by Crippen LogP contribution is -2.33. The number of hydrogen-bond donors (Lipinski definition) is 2. The summed E-state index contributed by atoms with van der Waals surface area (Å²) in [5.41, 5.74) is 0. The molecule has 0 aliphatic heterocycles. The SMILES string of the molecule is CCOC1(OCC)C[C@H](CO)[C@@H](CO)C1. The van der Waals surface area contributed by atoms with Crippen molar-refractivity contribution < 1.29 is 19.7 Å². The first-order valence-corrected chi connectivity index (χ1v) is 5.71. The van der Waals surface area contributed by atoms with Gasteiger partial charge in [-0.15, -0.1) is 0 Å². The van der Waals surface area contributed by atoms with Gasteiger partial charge in [0.2, 0.25) is 0 Å². The van der Waals surface area contributed by atoms with E-state index in [2.05, 4.69) is 0 Å².